The van der Waals surface area contributed by atoms with Gasteiger partial charge in [0.15, 0.2) is 0 Å². The van der Waals surface area contributed by atoms with Gasteiger partial charge in [-0.15, -0.1) is 0 Å². The summed E-state index contributed by atoms with van der Waals surface area (Å²) in [5.74, 6) is -0.538. The Kier molecular flexibility index (Phi) is 5.74. The van der Waals surface area contributed by atoms with Crippen molar-refractivity contribution in [3.05, 3.63) is 29.8 Å². The number of alkyl halides is 3. The number of benzene rings is 1. The maximum atomic E-state index is 13.3. The lowest BCUT2D eigenvalue weighted by atomic mass is 9.91. The maximum Gasteiger partial charge on any atom is 0.404 e. The molecule has 2 N–H and O–H groups in total. The molecule has 1 aromatic rings. The standard InChI is InChI=1S/C17H23F3N2O2/c1-11(2)24-14-6-4-3-5-12(14)9-22-10-13(16(21)23)7-8-15(22)17(18,19)20/h3-6,11,13,15H,7-10H2,1-2H3,(H2,21,23). The number of piperidine rings is 1. The van der Waals surface area contributed by atoms with Crippen molar-refractivity contribution < 1.29 is 22.7 Å². The second-order valence-electron chi connectivity index (χ2n) is 6.44. The van der Waals surface area contributed by atoms with E-state index in [1.165, 1.54) is 4.90 Å². The van der Waals surface area contributed by atoms with Crippen molar-refractivity contribution in [2.45, 2.75) is 51.6 Å². The Labute approximate surface area is 139 Å². The van der Waals surface area contributed by atoms with E-state index >= 15 is 0 Å². The normalized spacial score (nSPS) is 22.6. The van der Waals surface area contributed by atoms with Gasteiger partial charge in [-0.25, -0.2) is 0 Å². The molecule has 2 unspecified atom stereocenters. The summed E-state index contributed by atoms with van der Waals surface area (Å²) < 4.78 is 45.7. The molecule has 1 amide bonds. The molecule has 0 radical (unpaired) electrons. The van der Waals surface area contributed by atoms with Gasteiger partial charge in [-0.1, -0.05) is 18.2 Å². The molecular formula is C17H23F3N2O2. The Hall–Kier alpha value is -1.76. The predicted octanol–water partition coefficient (Wildman–Crippen LogP) is 3.10. The van der Waals surface area contributed by atoms with Gasteiger partial charge in [-0.05, 0) is 32.8 Å². The van der Waals surface area contributed by atoms with Gasteiger partial charge in [0.25, 0.3) is 0 Å². The van der Waals surface area contributed by atoms with Crippen molar-refractivity contribution in [2.24, 2.45) is 11.7 Å². The second kappa shape index (κ2) is 7.42. The molecule has 0 saturated carbocycles. The molecule has 2 rings (SSSR count). The molecule has 1 aliphatic rings. The van der Waals surface area contributed by atoms with E-state index in [1.807, 2.05) is 13.8 Å². The highest BCUT2D eigenvalue weighted by molar-refractivity contribution is 5.77. The Morgan fingerprint density at radius 1 is 1.33 bits per heavy atom. The van der Waals surface area contributed by atoms with Gasteiger partial charge in [0.05, 0.1) is 12.0 Å². The first kappa shape index (κ1) is 18.6. The molecule has 0 aromatic heterocycles. The molecule has 1 aromatic carbocycles. The molecule has 134 valence electrons. The molecule has 7 heteroatoms. The van der Waals surface area contributed by atoms with Crippen LogP contribution < -0.4 is 10.5 Å². The minimum absolute atomic E-state index is 0.00945. The molecule has 1 fully saturated rings. The van der Waals surface area contributed by atoms with Crippen LogP contribution in [0.15, 0.2) is 24.3 Å². The van der Waals surface area contributed by atoms with Gasteiger partial charge in [0, 0.05) is 18.7 Å². The molecule has 0 spiro atoms. The van der Waals surface area contributed by atoms with Crippen LogP contribution in [0.3, 0.4) is 0 Å². The number of nitrogens with zero attached hydrogens (tertiary/aromatic N) is 1. The molecule has 24 heavy (non-hydrogen) atoms. The van der Waals surface area contributed by atoms with E-state index in [0.717, 1.165) is 0 Å². The second-order valence-corrected chi connectivity index (χ2v) is 6.44. The van der Waals surface area contributed by atoms with Gasteiger partial charge in [-0.3, -0.25) is 9.69 Å². The molecular weight excluding hydrogens is 321 g/mol. The van der Waals surface area contributed by atoms with Gasteiger partial charge in [-0.2, -0.15) is 13.2 Å². The quantitative estimate of drug-likeness (QED) is 0.893. The van der Waals surface area contributed by atoms with Crippen molar-refractivity contribution in [3.8, 4) is 5.75 Å². The lowest BCUT2D eigenvalue weighted by Gasteiger charge is -2.39. The summed E-state index contributed by atoms with van der Waals surface area (Å²) in [4.78, 5) is 12.7. The average molecular weight is 344 g/mol. The van der Waals surface area contributed by atoms with Crippen LogP contribution in [0.2, 0.25) is 0 Å². The van der Waals surface area contributed by atoms with Crippen LogP contribution in [0.4, 0.5) is 13.2 Å². The van der Waals surface area contributed by atoms with E-state index in [-0.39, 0.29) is 32.0 Å². The molecule has 1 saturated heterocycles. The smallest absolute Gasteiger partial charge is 0.404 e. The van der Waals surface area contributed by atoms with Crippen molar-refractivity contribution in [2.75, 3.05) is 6.54 Å². The van der Waals surface area contributed by atoms with Crippen LogP contribution >= 0.6 is 0 Å². The zero-order chi connectivity index (χ0) is 17.9. The zero-order valence-corrected chi connectivity index (χ0v) is 13.8. The highest BCUT2D eigenvalue weighted by Crippen LogP contribution is 2.35. The number of hydrogen-bond acceptors (Lipinski definition) is 3. The number of likely N-dealkylation sites (tertiary alicyclic amines) is 1. The fourth-order valence-electron chi connectivity index (χ4n) is 3.04. The molecule has 1 heterocycles. The van der Waals surface area contributed by atoms with Crippen LogP contribution in [0.5, 0.6) is 5.75 Å². The average Bonchev–Trinajstić information content (AvgIpc) is 2.47. The molecule has 4 nitrogen and oxygen atoms in total. The Morgan fingerprint density at radius 2 is 2.00 bits per heavy atom. The summed E-state index contributed by atoms with van der Waals surface area (Å²) in [5.41, 5.74) is 5.97. The number of halogens is 3. The summed E-state index contributed by atoms with van der Waals surface area (Å²) in [5, 5.41) is 0. The topological polar surface area (TPSA) is 55.6 Å². The summed E-state index contributed by atoms with van der Waals surface area (Å²) in [7, 11) is 0. The largest absolute Gasteiger partial charge is 0.491 e. The number of primary amides is 1. The summed E-state index contributed by atoms with van der Waals surface area (Å²) in [6, 6.07) is 5.47. The maximum absolute atomic E-state index is 13.3. The SMILES string of the molecule is CC(C)Oc1ccccc1CN1CC(C(N)=O)CCC1C(F)(F)F. The van der Waals surface area contributed by atoms with E-state index in [0.29, 0.717) is 11.3 Å². The first-order valence-electron chi connectivity index (χ1n) is 8.03. The first-order valence-corrected chi connectivity index (χ1v) is 8.03. The van der Waals surface area contributed by atoms with Crippen LogP contribution in [-0.4, -0.2) is 35.7 Å². The number of amides is 1. The Morgan fingerprint density at radius 3 is 2.58 bits per heavy atom. The monoisotopic (exact) mass is 344 g/mol. The number of rotatable bonds is 5. The molecule has 0 bridgehead atoms. The summed E-state index contributed by atoms with van der Waals surface area (Å²) >= 11 is 0. The number of carbonyl (C=O) groups excluding carboxylic acids is 1. The van der Waals surface area contributed by atoms with Crippen LogP contribution in [-0.2, 0) is 11.3 Å². The Balaban J connectivity index is 2.24. The number of ether oxygens (including phenoxy) is 1. The third-order valence-electron chi connectivity index (χ3n) is 4.17. The van der Waals surface area contributed by atoms with E-state index < -0.39 is 24.0 Å². The van der Waals surface area contributed by atoms with Gasteiger partial charge >= 0.3 is 6.18 Å². The number of nitrogens with two attached hydrogens (primary N) is 1. The lowest BCUT2D eigenvalue weighted by Crippen LogP contribution is -2.52. The third-order valence-corrected chi connectivity index (χ3v) is 4.17. The van der Waals surface area contributed by atoms with Gasteiger partial charge in [0.1, 0.15) is 11.8 Å². The van der Waals surface area contributed by atoms with E-state index in [2.05, 4.69) is 0 Å². The highest BCUT2D eigenvalue weighted by Gasteiger charge is 2.47. The fourth-order valence-corrected chi connectivity index (χ4v) is 3.04. The van der Waals surface area contributed by atoms with Crippen molar-refractivity contribution in [1.82, 2.24) is 4.90 Å². The van der Waals surface area contributed by atoms with E-state index in [9.17, 15) is 18.0 Å². The van der Waals surface area contributed by atoms with Crippen molar-refractivity contribution in [3.63, 3.8) is 0 Å². The lowest BCUT2D eigenvalue weighted by molar-refractivity contribution is -0.197. The van der Waals surface area contributed by atoms with Crippen molar-refractivity contribution >= 4 is 5.91 Å². The third kappa shape index (κ3) is 4.63. The van der Waals surface area contributed by atoms with Crippen LogP contribution in [0.25, 0.3) is 0 Å². The minimum atomic E-state index is -4.34. The number of carbonyl (C=O) groups is 1. The van der Waals surface area contributed by atoms with E-state index in [4.69, 9.17) is 10.5 Å². The predicted molar refractivity (Wildman–Crippen MR) is 84.4 cm³/mol. The number of para-hydroxylation sites is 1. The van der Waals surface area contributed by atoms with Crippen LogP contribution in [0.1, 0.15) is 32.3 Å². The zero-order valence-electron chi connectivity index (χ0n) is 13.8. The fraction of sp³-hybridized carbons (Fsp3) is 0.588. The van der Waals surface area contributed by atoms with Crippen LogP contribution in [0, 0.1) is 5.92 Å². The van der Waals surface area contributed by atoms with E-state index in [1.54, 1.807) is 24.3 Å². The Bertz CT molecular complexity index is 575. The summed E-state index contributed by atoms with van der Waals surface area (Å²) in [6.45, 7) is 3.80. The van der Waals surface area contributed by atoms with Gasteiger partial charge in [0.2, 0.25) is 5.91 Å². The van der Waals surface area contributed by atoms with Crippen molar-refractivity contribution in [1.29, 1.82) is 0 Å². The molecule has 2 atom stereocenters. The first-order chi connectivity index (χ1) is 11.2. The molecule has 1 aliphatic heterocycles. The highest BCUT2D eigenvalue weighted by atomic mass is 19.4. The minimum Gasteiger partial charge on any atom is -0.491 e. The van der Waals surface area contributed by atoms with Gasteiger partial charge < -0.3 is 10.5 Å². The number of hydrogen-bond donors (Lipinski definition) is 1. The summed E-state index contributed by atoms with van der Waals surface area (Å²) in [6.07, 6.45) is -4.37. The molecule has 0 aliphatic carbocycles.